The summed E-state index contributed by atoms with van der Waals surface area (Å²) >= 11 is 6.48. The molecule has 3 aromatic rings. The Morgan fingerprint density at radius 3 is 2.70 bits per heavy atom. The molecule has 33 heavy (non-hydrogen) atoms. The summed E-state index contributed by atoms with van der Waals surface area (Å²) in [5.41, 5.74) is 3.45. The molecule has 1 aliphatic carbocycles. The Balaban J connectivity index is 1.78. The molecule has 1 N–H and O–H groups in total. The van der Waals surface area contributed by atoms with Gasteiger partial charge in [0.05, 0.1) is 23.9 Å². The number of anilines is 1. The Morgan fingerprint density at radius 2 is 2.03 bits per heavy atom. The molecule has 8 heteroatoms. The van der Waals surface area contributed by atoms with Crippen LogP contribution in [0.5, 0.6) is 5.75 Å². The molecule has 1 heterocycles. The largest absolute Gasteiger partial charge is 0.497 e. The van der Waals surface area contributed by atoms with Crippen molar-refractivity contribution in [3.05, 3.63) is 74.7 Å². The zero-order valence-corrected chi connectivity index (χ0v) is 19.8. The quantitative estimate of drug-likeness (QED) is 0.536. The highest BCUT2D eigenvalue weighted by atomic mass is 35.5. The summed E-state index contributed by atoms with van der Waals surface area (Å²) in [6.45, 7) is 5.47. The van der Waals surface area contributed by atoms with Gasteiger partial charge in [-0.25, -0.2) is 4.98 Å². The summed E-state index contributed by atoms with van der Waals surface area (Å²) in [6, 6.07) is 12.8. The molecule has 2 aromatic carbocycles. The maximum atomic E-state index is 13.6. The van der Waals surface area contributed by atoms with Gasteiger partial charge in [-0.3, -0.25) is 14.2 Å². The number of aromatic nitrogens is 2. The second-order valence-corrected chi connectivity index (χ2v) is 8.37. The number of carbonyl (C=O) groups excluding carboxylic acids is 1. The highest BCUT2D eigenvalue weighted by molar-refractivity contribution is 6.33. The maximum Gasteiger partial charge on any atom is 0.302 e. The Morgan fingerprint density at radius 1 is 1.27 bits per heavy atom. The molecule has 1 aromatic heterocycles. The molecule has 0 radical (unpaired) electrons. The third kappa shape index (κ3) is 4.33. The Bertz CT molecular complexity index is 1270. The summed E-state index contributed by atoms with van der Waals surface area (Å²) < 4.78 is 12.4. The normalized spacial score (nSPS) is 16.9. The van der Waals surface area contributed by atoms with Crippen LogP contribution in [0.1, 0.15) is 36.7 Å². The first-order valence-corrected chi connectivity index (χ1v) is 11.2. The third-order valence-electron chi connectivity index (χ3n) is 5.88. The smallest absolute Gasteiger partial charge is 0.302 e. The molecule has 0 bridgehead atoms. The van der Waals surface area contributed by atoms with Gasteiger partial charge in [-0.05, 0) is 43.2 Å². The van der Waals surface area contributed by atoms with Crippen molar-refractivity contribution < 1.29 is 14.3 Å². The second-order valence-electron chi connectivity index (χ2n) is 7.96. The standard InChI is InChI=1S/C25H26ClN3O4/c1-5-29-24(19-11-10-17(32-4)13-20(19)26)27-14(2)22(25(29)31)28-23-18-9-7-6-8-16(18)12-21(23)33-15(3)30/h6-11,13,21,23,28H,5,12H2,1-4H3/t21-,23-/m0/s1. The number of hydrogen-bond acceptors (Lipinski definition) is 6. The van der Waals surface area contributed by atoms with Crippen molar-refractivity contribution >= 4 is 23.3 Å². The number of benzene rings is 2. The Labute approximate surface area is 197 Å². The van der Waals surface area contributed by atoms with Crippen molar-refractivity contribution in [2.75, 3.05) is 12.4 Å². The van der Waals surface area contributed by atoms with Crippen LogP contribution >= 0.6 is 11.6 Å². The van der Waals surface area contributed by atoms with Crippen LogP contribution < -0.4 is 15.6 Å². The van der Waals surface area contributed by atoms with E-state index in [2.05, 4.69) is 5.32 Å². The predicted octanol–water partition coefficient (Wildman–Crippen LogP) is 4.54. The Hall–Kier alpha value is -3.32. The van der Waals surface area contributed by atoms with E-state index in [-0.39, 0.29) is 17.6 Å². The van der Waals surface area contributed by atoms with E-state index < -0.39 is 6.10 Å². The van der Waals surface area contributed by atoms with Crippen LogP contribution in [0.3, 0.4) is 0 Å². The van der Waals surface area contributed by atoms with E-state index in [1.54, 1.807) is 36.8 Å². The van der Waals surface area contributed by atoms with Crippen molar-refractivity contribution in [3.8, 4) is 17.1 Å². The van der Waals surface area contributed by atoms with Gasteiger partial charge in [-0.1, -0.05) is 35.9 Å². The number of aryl methyl sites for hydroxylation is 1. The molecular formula is C25H26ClN3O4. The number of ether oxygens (including phenoxy) is 2. The minimum atomic E-state index is -0.413. The fourth-order valence-corrected chi connectivity index (χ4v) is 4.59. The van der Waals surface area contributed by atoms with E-state index in [0.29, 0.717) is 46.5 Å². The number of methoxy groups -OCH3 is 1. The molecule has 0 saturated carbocycles. The number of rotatable bonds is 6. The van der Waals surface area contributed by atoms with Gasteiger partial charge >= 0.3 is 5.97 Å². The van der Waals surface area contributed by atoms with Gasteiger partial charge < -0.3 is 14.8 Å². The highest BCUT2D eigenvalue weighted by Crippen LogP contribution is 2.36. The lowest BCUT2D eigenvalue weighted by Crippen LogP contribution is -2.32. The molecule has 7 nitrogen and oxygen atoms in total. The van der Waals surface area contributed by atoms with Gasteiger partial charge in [0.15, 0.2) is 0 Å². The minimum Gasteiger partial charge on any atom is -0.497 e. The highest BCUT2D eigenvalue weighted by Gasteiger charge is 2.35. The number of halogens is 1. The number of nitrogens with one attached hydrogen (secondary N) is 1. The molecule has 1 aliphatic rings. The first kappa shape index (κ1) is 22.9. The lowest BCUT2D eigenvalue weighted by molar-refractivity contribution is -0.146. The third-order valence-corrected chi connectivity index (χ3v) is 6.20. The van der Waals surface area contributed by atoms with Crippen LogP contribution in [0.4, 0.5) is 5.69 Å². The monoisotopic (exact) mass is 467 g/mol. The van der Waals surface area contributed by atoms with Gasteiger partial charge in [0.2, 0.25) is 0 Å². The fraction of sp³-hybridized carbons (Fsp3) is 0.320. The van der Waals surface area contributed by atoms with Crippen molar-refractivity contribution in [1.82, 2.24) is 9.55 Å². The number of carbonyl (C=O) groups is 1. The number of nitrogens with zero attached hydrogens (tertiary/aromatic N) is 2. The van der Waals surface area contributed by atoms with Crippen LogP contribution in [0.15, 0.2) is 47.3 Å². The van der Waals surface area contributed by atoms with Crippen LogP contribution in [0.2, 0.25) is 5.02 Å². The molecule has 0 spiro atoms. The van der Waals surface area contributed by atoms with Crippen LogP contribution in [-0.4, -0.2) is 28.7 Å². The summed E-state index contributed by atoms with van der Waals surface area (Å²) in [6.07, 6.45) is 0.172. The minimum absolute atomic E-state index is 0.210. The molecule has 0 aliphatic heterocycles. The molecule has 172 valence electrons. The predicted molar refractivity (Wildman–Crippen MR) is 128 cm³/mol. The molecule has 0 unspecified atom stereocenters. The van der Waals surface area contributed by atoms with Crippen LogP contribution in [0, 0.1) is 6.92 Å². The van der Waals surface area contributed by atoms with E-state index in [4.69, 9.17) is 26.1 Å². The molecule has 0 amide bonds. The average Bonchev–Trinajstić information content (AvgIpc) is 3.12. The first-order chi connectivity index (χ1) is 15.8. The molecule has 2 atom stereocenters. The number of esters is 1. The molecule has 0 saturated heterocycles. The van der Waals surface area contributed by atoms with Crippen molar-refractivity contribution in [2.45, 2.75) is 45.9 Å². The van der Waals surface area contributed by atoms with E-state index in [1.807, 2.05) is 31.2 Å². The number of fused-ring (bicyclic) bond motifs is 1. The first-order valence-electron chi connectivity index (χ1n) is 10.8. The van der Waals surface area contributed by atoms with Crippen molar-refractivity contribution in [3.63, 3.8) is 0 Å². The zero-order valence-electron chi connectivity index (χ0n) is 19.0. The van der Waals surface area contributed by atoms with Crippen LogP contribution in [0.25, 0.3) is 11.4 Å². The SMILES string of the molecule is CCn1c(-c2ccc(OC)cc2Cl)nc(C)c(N[C@H]2c3ccccc3C[C@@H]2OC(C)=O)c1=O. The Kier molecular flexibility index (Phi) is 6.42. The lowest BCUT2D eigenvalue weighted by atomic mass is 10.1. The summed E-state index contributed by atoms with van der Waals surface area (Å²) in [5, 5.41) is 3.80. The van der Waals surface area contributed by atoms with E-state index in [1.165, 1.54) is 6.92 Å². The zero-order chi connectivity index (χ0) is 23.7. The van der Waals surface area contributed by atoms with Gasteiger partial charge in [0, 0.05) is 25.5 Å². The molecule has 4 rings (SSSR count). The summed E-state index contributed by atoms with van der Waals surface area (Å²) in [5.74, 6) is 0.757. The van der Waals surface area contributed by atoms with Crippen LogP contribution in [-0.2, 0) is 22.5 Å². The average molecular weight is 468 g/mol. The van der Waals surface area contributed by atoms with E-state index in [0.717, 1.165) is 11.1 Å². The van der Waals surface area contributed by atoms with E-state index >= 15 is 0 Å². The lowest BCUT2D eigenvalue weighted by Gasteiger charge is -2.24. The van der Waals surface area contributed by atoms with Gasteiger partial charge in [-0.2, -0.15) is 0 Å². The van der Waals surface area contributed by atoms with Gasteiger partial charge in [0.1, 0.15) is 23.4 Å². The number of hydrogen-bond donors (Lipinski definition) is 1. The molecule has 0 fully saturated rings. The summed E-state index contributed by atoms with van der Waals surface area (Å²) in [7, 11) is 1.57. The van der Waals surface area contributed by atoms with Crippen molar-refractivity contribution in [2.24, 2.45) is 0 Å². The fourth-order valence-electron chi connectivity index (χ4n) is 4.34. The van der Waals surface area contributed by atoms with Gasteiger partial charge in [-0.15, -0.1) is 0 Å². The molecular weight excluding hydrogens is 442 g/mol. The topological polar surface area (TPSA) is 82.4 Å². The summed E-state index contributed by atoms with van der Waals surface area (Å²) in [4.78, 5) is 30.0. The van der Waals surface area contributed by atoms with Gasteiger partial charge in [0.25, 0.3) is 5.56 Å². The second kappa shape index (κ2) is 9.27. The van der Waals surface area contributed by atoms with E-state index in [9.17, 15) is 9.59 Å². The maximum absolute atomic E-state index is 13.6. The van der Waals surface area contributed by atoms with Crippen molar-refractivity contribution in [1.29, 1.82) is 0 Å².